The molecule has 1 amide bonds. The molecule has 11 heteroatoms. The number of piperidine rings is 1. The van der Waals surface area contributed by atoms with Crippen LogP contribution in [0.4, 0.5) is 11.6 Å². The van der Waals surface area contributed by atoms with Gasteiger partial charge in [-0.25, -0.2) is 0 Å². The van der Waals surface area contributed by atoms with Gasteiger partial charge in [-0.3, -0.25) is 9.48 Å². The van der Waals surface area contributed by atoms with Gasteiger partial charge in [-0.15, -0.1) is 0 Å². The highest BCUT2D eigenvalue weighted by Crippen LogP contribution is 2.30. The number of hydrogen-bond acceptors (Lipinski definition) is 8. The lowest BCUT2D eigenvalue weighted by atomic mass is 10.1. The molecule has 31 heavy (non-hydrogen) atoms. The molecule has 0 aliphatic carbocycles. The summed E-state index contributed by atoms with van der Waals surface area (Å²) in [6.07, 6.45) is 6.12. The van der Waals surface area contributed by atoms with Crippen LogP contribution in [0.5, 0.6) is 5.88 Å². The van der Waals surface area contributed by atoms with E-state index in [9.17, 15) is 10.1 Å². The average Bonchev–Trinajstić information content (AvgIpc) is 3.40. The van der Waals surface area contributed by atoms with Crippen LogP contribution in [0.3, 0.4) is 0 Å². The van der Waals surface area contributed by atoms with Gasteiger partial charge in [-0.2, -0.15) is 25.6 Å². The number of carbonyl (C=O) groups excluding carboxylic acids is 1. The first-order valence-corrected chi connectivity index (χ1v) is 10.0. The number of aromatic nitrogens is 5. The molecular formula is C20H21N9O2. The molecule has 1 saturated heterocycles. The number of H-pyrrole nitrogens is 1. The Morgan fingerprint density at radius 3 is 3.03 bits per heavy atom. The number of likely N-dealkylation sites (tertiary alicyclic amines) is 1. The summed E-state index contributed by atoms with van der Waals surface area (Å²) in [5.41, 5.74) is 1.58. The van der Waals surface area contributed by atoms with Gasteiger partial charge in [0.05, 0.1) is 35.4 Å². The Labute approximate surface area is 178 Å². The number of aromatic amines is 1. The second kappa shape index (κ2) is 8.71. The fourth-order valence-electron chi connectivity index (χ4n) is 3.56. The number of hydrogen-bond donors (Lipinski definition) is 2. The Hall–Kier alpha value is -4.12. The predicted molar refractivity (Wildman–Crippen MR) is 110 cm³/mol. The van der Waals surface area contributed by atoms with Gasteiger partial charge >= 0.3 is 0 Å². The largest absolute Gasteiger partial charge is 0.472 e. The molecule has 4 heterocycles. The van der Waals surface area contributed by atoms with Gasteiger partial charge in [0.25, 0.3) is 0 Å². The Morgan fingerprint density at radius 2 is 2.29 bits per heavy atom. The van der Waals surface area contributed by atoms with E-state index in [0.717, 1.165) is 25.1 Å². The molecule has 4 rings (SSSR count). The highest BCUT2D eigenvalue weighted by Gasteiger charge is 2.26. The van der Waals surface area contributed by atoms with E-state index in [1.165, 1.54) is 0 Å². The molecule has 1 atom stereocenters. The third kappa shape index (κ3) is 4.26. The maximum Gasteiger partial charge on any atom is 0.236 e. The minimum absolute atomic E-state index is 0.152. The van der Waals surface area contributed by atoms with Crippen LogP contribution in [-0.4, -0.2) is 54.7 Å². The normalized spacial score (nSPS) is 16.0. The molecule has 1 aliphatic rings. The second-order valence-corrected chi connectivity index (χ2v) is 7.16. The number of fused-ring (bicyclic) bond motifs is 1. The molecule has 0 saturated carbocycles. The van der Waals surface area contributed by atoms with Crippen LogP contribution in [0, 0.1) is 22.7 Å². The van der Waals surface area contributed by atoms with Gasteiger partial charge in [0.1, 0.15) is 24.2 Å². The second-order valence-electron chi connectivity index (χ2n) is 7.16. The average molecular weight is 419 g/mol. The summed E-state index contributed by atoms with van der Waals surface area (Å²) < 4.78 is 7.95. The number of aryl methyl sites for hydroxylation is 1. The van der Waals surface area contributed by atoms with Crippen molar-refractivity contribution in [3.63, 3.8) is 0 Å². The fourth-order valence-corrected chi connectivity index (χ4v) is 3.56. The quantitative estimate of drug-likeness (QED) is 0.617. The van der Waals surface area contributed by atoms with Crippen molar-refractivity contribution in [2.24, 2.45) is 0 Å². The number of nitriles is 2. The first-order chi connectivity index (χ1) is 15.1. The van der Waals surface area contributed by atoms with Gasteiger partial charge in [-0.05, 0) is 19.8 Å². The molecule has 3 aromatic rings. The highest BCUT2D eigenvalue weighted by atomic mass is 16.5. The van der Waals surface area contributed by atoms with Crippen molar-refractivity contribution >= 4 is 28.6 Å². The van der Waals surface area contributed by atoms with E-state index >= 15 is 0 Å². The maximum absolute atomic E-state index is 12.1. The minimum Gasteiger partial charge on any atom is -0.472 e. The molecule has 11 nitrogen and oxygen atoms in total. The van der Waals surface area contributed by atoms with Gasteiger partial charge in [0.2, 0.25) is 17.7 Å². The number of nitrogens with one attached hydrogen (secondary N) is 2. The van der Waals surface area contributed by atoms with E-state index < -0.39 is 0 Å². The van der Waals surface area contributed by atoms with Crippen LogP contribution in [0.2, 0.25) is 0 Å². The SMILES string of the molecule is CCn1cc(Nc2nc(O[C@@H]3CCCN(C(=O)CC#N)C3)c3c(C#N)c[nH]c3n2)cn1. The Bertz CT molecular complexity index is 1180. The summed E-state index contributed by atoms with van der Waals surface area (Å²) in [6.45, 7) is 3.69. The van der Waals surface area contributed by atoms with E-state index in [-0.39, 0.29) is 24.3 Å². The van der Waals surface area contributed by atoms with Gasteiger partial charge in [-0.1, -0.05) is 0 Å². The monoisotopic (exact) mass is 419 g/mol. The third-order valence-corrected chi connectivity index (χ3v) is 5.07. The van der Waals surface area contributed by atoms with Crippen LogP contribution in [0.25, 0.3) is 11.0 Å². The van der Waals surface area contributed by atoms with Gasteiger partial charge in [0, 0.05) is 25.5 Å². The zero-order chi connectivity index (χ0) is 21.8. The van der Waals surface area contributed by atoms with Crippen LogP contribution < -0.4 is 10.1 Å². The van der Waals surface area contributed by atoms with Crippen LogP contribution in [-0.2, 0) is 11.3 Å². The molecule has 0 spiro atoms. The lowest BCUT2D eigenvalue weighted by Gasteiger charge is -2.32. The maximum atomic E-state index is 12.1. The first-order valence-electron chi connectivity index (χ1n) is 10.0. The number of carbonyl (C=O) groups is 1. The van der Waals surface area contributed by atoms with Crippen molar-refractivity contribution in [1.82, 2.24) is 29.6 Å². The zero-order valence-corrected chi connectivity index (χ0v) is 17.0. The molecule has 0 aromatic carbocycles. The summed E-state index contributed by atoms with van der Waals surface area (Å²) in [4.78, 5) is 25.7. The Morgan fingerprint density at radius 1 is 1.42 bits per heavy atom. The number of rotatable bonds is 6. The zero-order valence-electron chi connectivity index (χ0n) is 17.0. The van der Waals surface area contributed by atoms with Crippen molar-refractivity contribution in [2.75, 3.05) is 18.4 Å². The number of nitrogens with zero attached hydrogens (tertiary/aromatic N) is 7. The molecule has 2 N–H and O–H groups in total. The molecule has 0 unspecified atom stereocenters. The number of amides is 1. The van der Waals surface area contributed by atoms with Crippen molar-refractivity contribution in [3.05, 3.63) is 24.2 Å². The van der Waals surface area contributed by atoms with Crippen molar-refractivity contribution in [1.29, 1.82) is 10.5 Å². The predicted octanol–water partition coefficient (Wildman–Crippen LogP) is 2.07. The molecule has 1 fully saturated rings. The molecule has 3 aromatic heterocycles. The molecule has 158 valence electrons. The molecule has 0 bridgehead atoms. The smallest absolute Gasteiger partial charge is 0.236 e. The fraction of sp³-hybridized carbons (Fsp3) is 0.400. The van der Waals surface area contributed by atoms with E-state index in [2.05, 4.69) is 31.4 Å². The van der Waals surface area contributed by atoms with Crippen molar-refractivity contribution in [3.8, 4) is 18.0 Å². The van der Waals surface area contributed by atoms with E-state index in [0.29, 0.717) is 35.6 Å². The molecule has 0 radical (unpaired) electrons. The van der Waals surface area contributed by atoms with E-state index in [1.54, 1.807) is 22.0 Å². The Balaban J connectivity index is 1.62. The van der Waals surface area contributed by atoms with Crippen LogP contribution >= 0.6 is 0 Å². The molecule has 1 aliphatic heterocycles. The minimum atomic E-state index is -0.299. The molecular weight excluding hydrogens is 398 g/mol. The highest BCUT2D eigenvalue weighted by molar-refractivity contribution is 5.88. The summed E-state index contributed by atoms with van der Waals surface area (Å²) in [5.74, 6) is 0.365. The van der Waals surface area contributed by atoms with E-state index in [1.807, 2.05) is 19.2 Å². The third-order valence-electron chi connectivity index (χ3n) is 5.07. The number of ether oxygens (including phenoxy) is 1. The van der Waals surface area contributed by atoms with Crippen molar-refractivity contribution in [2.45, 2.75) is 38.8 Å². The van der Waals surface area contributed by atoms with E-state index in [4.69, 9.17) is 10.00 Å². The van der Waals surface area contributed by atoms with Crippen LogP contribution in [0.15, 0.2) is 18.6 Å². The Kier molecular flexibility index (Phi) is 5.67. The van der Waals surface area contributed by atoms with Gasteiger partial charge in [0.15, 0.2) is 0 Å². The van der Waals surface area contributed by atoms with Crippen LogP contribution in [0.1, 0.15) is 31.7 Å². The van der Waals surface area contributed by atoms with Gasteiger partial charge < -0.3 is 19.9 Å². The first kappa shape index (κ1) is 20.2. The topological polar surface area (TPSA) is 149 Å². The summed E-state index contributed by atoms with van der Waals surface area (Å²) >= 11 is 0. The summed E-state index contributed by atoms with van der Waals surface area (Å²) in [5, 5.41) is 26.1. The summed E-state index contributed by atoms with van der Waals surface area (Å²) in [7, 11) is 0. The summed E-state index contributed by atoms with van der Waals surface area (Å²) in [6, 6.07) is 4.02. The number of anilines is 2. The standard InChI is InChI=1S/C20H21N9O2/c1-2-29-11-14(10-24-29)25-20-26-18-17(13(8-22)9-23-18)19(27-20)31-15-4-3-7-28(12-15)16(30)5-6-21/h9-11,15H,2-5,7,12H2,1H3,(H2,23,25,26,27)/t15-/m1/s1. The van der Waals surface area contributed by atoms with Crippen molar-refractivity contribution < 1.29 is 9.53 Å². The lowest BCUT2D eigenvalue weighted by molar-refractivity contribution is -0.132. The lowest BCUT2D eigenvalue weighted by Crippen LogP contribution is -2.44.